The molecule has 0 bridgehead atoms. The van der Waals surface area contributed by atoms with Crippen molar-refractivity contribution in [3.05, 3.63) is 71.5 Å². The fourth-order valence-corrected chi connectivity index (χ4v) is 4.30. The van der Waals surface area contributed by atoms with Crippen molar-refractivity contribution in [2.75, 3.05) is 19.0 Å². The van der Waals surface area contributed by atoms with E-state index in [4.69, 9.17) is 9.47 Å². The van der Waals surface area contributed by atoms with Crippen molar-refractivity contribution in [3.8, 4) is 28.7 Å². The second kappa shape index (κ2) is 8.93. The molecule has 5 rings (SSSR count). The second-order valence-corrected chi connectivity index (χ2v) is 7.91. The highest BCUT2D eigenvalue weighted by molar-refractivity contribution is 5.95. The molecule has 1 amide bonds. The van der Waals surface area contributed by atoms with E-state index in [1.165, 1.54) is 0 Å². The van der Waals surface area contributed by atoms with Crippen molar-refractivity contribution in [2.24, 2.45) is 0 Å². The van der Waals surface area contributed by atoms with Crippen LogP contribution in [0.3, 0.4) is 0 Å². The number of anilines is 1. The molecule has 34 heavy (non-hydrogen) atoms. The van der Waals surface area contributed by atoms with Gasteiger partial charge in [0.2, 0.25) is 5.91 Å². The standard InChI is InChI=1S/C25H24N6O3/c1-4-34-21-8-6-5-7-18(21)19-13-22(32)28-24-23(19)15(2)30-31(24)25-27-20(14-26-29-25)16-9-11-17(33-3)12-10-16/h5-12,14,19H,4,13H2,1-3H3,(H,28,32)/t19-/m0/s1. The van der Waals surface area contributed by atoms with E-state index in [0.717, 1.165) is 33.9 Å². The topological polar surface area (TPSA) is 104 Å². The number of hydrogen-bond donors (Lipinski definition) is 1. The molecule has 1 aliphatic heterocycles. The van der Waals surface area contributed by atoms with E-state index >= 15 is 0 Å². The van der Waals surface area contributed by atoms with Crippen LogP contribution in [-0.2, 0) is 4.79 Å². The number of nitrogens with one attached hydrogen (secondary N) is 1. The number of rotatable bonds is 6. The van der Waals surface area contributed by atoms with Gasteiger partial charge in [-0.3, -0.25) is 4.79 Å². The van der Waals surface area contributed by atoms with Crippen molar-refractivity contribution >= 4 is 11.7 Å². The van der Waals surface area contributed by atoms with E-state index in [1.807, 2.05) is 62.4 Å². The fraction of sp³-hybridized carbons (Fsp3) is 0.240. The van der Waals surface area contributed by atoms with Crippen LogP contribution in [0, 0.1) is 6.92 Å². The predicted octanol–water partition coefficient (Wildman–Crippen LogP) is 3.91. The molecule has 0 unspecified atom stereocenters. The molecule has 0 fully saturated rings. The summed E-state index contributed by atoms with van der Waals surface area (Å²) >= 11 is 0. The summed E-state index contributed by atoms with van der Waals surface area (Å²) in [5.74, 6) is 2.05. The van der Waals surface area contributed by atoms with Gasteiger partial charge < -0.3 is 14.8 Å². The molecule has 0 spiro atoms. The number of nitrogens with zero attached hydrogens (tertiary/aromatic N) is 5. The lowest BCUT2D eigenvalue weighted by atomic mass is 9.85. The Morgan fingerprint density at radius 2 is 1.94 bits per heavy atom. The first kappa shape index (κ1) is 21.6. The summed E-state index contributed by atoms with van der Waals surface area (Å²) in [5.41, 5.74) is 4.15. The van der Waals surface area contributed by atoms with E-state index in [1.54, 1.807) is 18.0 Å². The fourth-order valence-electron chi connectivity index (χ4n) is 4.30. The summed E-state index contributed by atoms with van der Waals surface area (Å²) in [7, 11) is 1.62. The molecule has 2 aromatic heterocycles. The van der Waals surface area contributed by atoms with Crippen molar-refractivity contribution in [1.82, 2.24) is 25.0 Å². The lowest BCUT2D eigenvalue weighted by Crippen LogP contribution is -2.25. The zero-order valence-corrected chi connectivity index (χ0v) is 19.1. The molecule has 172 valence electrons. The number of fused-ring (bicyclic) bond motifs is 1. The Morgan fingerprint density at radius 3 is 2.71 bits per heavy atom. The van der Waals surface area contributed by atoms with Gasteiger partial charge in [0.15, 0.2) is 0 Å². The average molecular weight is 457 g/mol. The normalized spacial score (nSPS) is 14.9. The number of aryl methyl sites for hydroxylation is 1. The minimum absolute atomic E-state index is 0.107. The SMILES string of the molecule is CCOc1ccccc1[C@@H]1CC(=O)Nc2c1c(C)nn2-c1nncc(-c2ccc(OC)cc2)n1. The van der Waals surface area contributed by atoms with Crippen LogP contribution in [0.15, 0.2) is 54.7 Å². The third-order valence-electron chi connectivity index (χ3n) is 5.82. The lowest BCUT2D eigenvalue weighted by Gasteiger charge is -2.25. The van der Waals surface area contributed by atoms with E-state index < -0.39 is 0 Å². The number of carbonyl (C=O) groups excluding carboxylic acids is 1. The molecule has 1 aliphatic rings. The Bertz CT molecular complexity index is 1350. The highest BCUT2D eigenvalue weighted by atomic mass is 16.5. The Hall–Kier alpha value is -4.27. The molecule has 1 atom stereocenters. The molecule has 4 aromatic rings. The molecule has 0 radical (unpaired) electrons. The molecule has 1 N–H and O–H groups in total. The quantitative estimate of drug-likeness (QED) is 0.469. The van der Waals surface area contributed by atoms with E-state index in [9.17, 15) is 4.79 Å². The molecule has 9 nitrogen and oxygen atoms in total. The maximum absolute atomic E-state index is 12.8. The maximum atomic E-state index is 12.8. The van der Waals surface area contributed by atoms with Gasteiger partial charge in [0.05, 0.1) is 31.3 Å². The Kier molecular flexibility index (Phi) is 5.67. The summed E-state index contributed by atoms with van der Waals surface area (Å²) in [6, 6.07) is 15.3. The molecule has 0 saturated carbocycles. The van der Waals surface area contributed by atoms with Crippen LogP contribution in [0.1, 0.15) is 36.1 Å². The van der Waals surface area contributed by atoms with E-state index in [0.29, 0.717) is 24.5 Å². The third kappa shape index (κ3) is 3.85. The van der Waals surface area contributed by atoms with Crippen molar-refractivity contribution < 1.29 is 14.3 Å². The van der Waals surface area contributed by atoms with Gasteiger partial charge in [-0.15, -0.1) is 5.10 Å². The highest BCUT2D eigenvalue weighted by Crippen LogP contribution is 2.42. The van der Waals surface area contributed by atoms with Crippen molar-refractivity contribution in [1.29, 1.82) is 0 Å². The van der Waals surface area contributed by atoms with Gasteiger partial charge in [-0.05, 0) is 44.2 Å². The number of carbonyl (C=O) groups is 1. The van der Waals surface area contributed by atoms with Gasteiger partial charge in [-0.1, -0.05) is 18.2 Å². The minimum atomic E-state index is -0.196. The Balaban J connectivity index is 1.59. The first-order chi connectivity index (χ1) is 16.6. The number of amides is 1. The zero-order valence-electron chi connectivity index (χ0n) is 19.1. The van der Waals surface area contributed by atoms with Crippen molar-refractivity contribution in [2.45, 2.75) is 26.2 Å². The summed E-state index contributed by atoms with van der Waals surface area (Å²) in [6.07, 6.45) is 1.89. The number of benzene rings is 2. The van der Waals surface area contributed by atoms with Crippen LogP contribution >= 0.6 is 0 Å². The first-order valence-corrected chi connectivity index (χ1v) is 11.0. The number of aromatic nitrogens is 5. The van der Waals surface area contributed by atoms with Crippen LogP contribution in [0.25, 0.3) is 17.2 Å². The predicted molar refractivity (Wildman–Crippen MR) is 126 cm³/mol. The third-order valence-corrected chi connectivity index (χ3v) is 5.82. The van der Waals surface area contributed by atoms with Gasteiger partial charge >= 0.3 is 0 Å². The van der Waals surface area contributed by atoms with Gasteiger partial charge in [0.1, 0.15) is 17.3 Å². The number of para-hydroxylation sites is 1. The molecule has 0 aliphatic carbocycles. The number of methoxy groups -OCH3 is 1. The minimum Gasteiger partial charge on any atom is -0.497 e. The summed E-state index contributed by atoms with van der Waals surface area (Å²) < 4.78 is 12.6. The van der Waals surface area contributed by atoms with Gasteiger partial charge in [-0.2, -0.15) is 14.9 Å². The molecule has 0 saturated heterocycles. The number of hydrogen-bond acceptors (Lipinski definition) is 7. The second-order valence-electron chi connectivity index (χ2n) is 7.91. The zero-order chi connectivity index (χ0) is 23.7. The highest BCUT2D eigenvalue weighted by Gasteiger charge is 2.34. The molecular formula is C25H24N6O3. The number of ether oxygens (including phenoxy) is 2. The molecule has 9 heteroatoms. The van der Waals surface area contributed by atoms with E-state index in [-0.39, 0.29) is 17.8 Å². The Morgan fingerprint density at radius 1 is 1.15 bits per heavy atom. The maximum Gasteiger partial charge on any atom is 0.272 e. The molecular weight excluding hydrogens is 432 g/mol. The first-order valence-electron chi connectivity index (χ1n) is 11.0. The average Bonchev–Trinajstić information content (AvgIpc) is 3.20. The largest absolute Gasteiger partial charge is 0.497 e. The van der Waals surface area contributed by atoms with Gasteiger partial charge in [0.25, 0.3) is 5.95 Å². The van der Waals surface area contributed by atoms with Crippen LogP contribution in [-0.4, -0.2) is 44.6 Å². The van der Waals surface area contributed by atoms with Crippen LogP contribution in [0.5, 0.6) is 11.5 Å². The monoisotopic (exact) mass is 456 g/mol. The lowest BCUT2D eigenvalue weighted by molar-refractivity contribution is -0.116. The van der Waals surface area contributed by atoms with Crippen LogP contribution < -0.4 is 14.8 Å². The van der Waals surface area contributed by atoms with Crippen LogP contribution in [0.2, 0.25) is 0 Å². The summed E-state index contributed by atoms with van der Waals surface area (Å²) in [5, 5.41) is 16.0. The summed E-state index contributed by atoms with van der Waals surface area (Å²) in [4.78, 5) is 17.4. The van der Waals surface area contributed by atoms with Gasteiger partial charge in [0, 0.05) is 29.0 Å². The van der Waals surface area contributed by atoms with Crippen LogP contribution in [0.4, 0.5) is 5.82 Å². The van der Waals surface area contributed by atoms with Gasteiger partial charge in [-0.25, -0.2) is 4.98 Å². The Labute approximate surface area is 196 Å². The molecule has 3 heterocycles. The van der Waals surface area contributed by atoms with E-state index in [2.05, 4.69) is 25.6 Å². The summed E-state index contributed by atoms with van der Waals surface area (Å²) in [6.45, 7) is 4.40. The smallest absolute Gasteiger partial charge is 0.272 e. The molecule has 2 aromatic carbocycles. The van der Waals surface area contributed by atoms with Crippen molar-refractivity contribution in [3.63, 3.8) is 0 Å².